The Morgan fingerprint density at radius 1 is 1.22 bits per heavy atom. The first kappa shape index (κ1) is 17.0. The fourth-order valence-electron chi connectivity index (χ4n) is 2.65. The van der Waals surface area contributed by atoms with Crippen molar-refractivity contribution < 1.29 is 23.9 Å². The average Bonchev–Trinajstić information content (AvgIpc) is 2.50. The number of carbonyl (C=O) groups is 3. The molecule has 1 saturated heterocycles. The van der Waals surface area contributed by atoms with Crippen LogP contribution in [-0.2, 0) is 19.1 Å². The summed E-state index contributed by atoms with van der Waals surface area (Å²) in [6, 6.07) is 8.69. The third kappa shape index (κ3) is 4.31. The maximum Gasteiger partial charge on any atom is 0.305 e. The number of rotatable bonds is 6. The first-order valence-electron chi connectivity index (χ1n) is 7.73. The Labute approximate surface area is 135 Å². The molecule has 0 unspecified atom stereocenters. The number of amides is 1. The number of ether oxygens (including phenoxy) is 2. The monoisotopic (exact) mass is 319 g/mol. The molecule has 0 N–H and O–H groups in total. The predicted octanol–water partition coefficient (Wildman–Crippen LogP) is 2.13. The van der Waals surface area contributed by atoms with Gasteiger partial charge in [0.15, 0.2) is 6.23 Å². The zero-order chi connectivity index (χ0) is 16.8. The van der Waals surface area contributed by atoms with Crippen molar-refractivity contribution in [1.29, 1.82) is 0 Å². The van der Waals surface area contributed by atoms with Crippen LogP contribution in [0.15, 0.2) is 30.3 Å². The van der Waals surface area contributed by atoms with Crippen molar-refractivity contribution >= 4 is 17.8 Å². The van der Waals surface area contributed by atoms with E-state index in [0.29, 0.717) is 25.0 Å². The largest absolute Gasteiger partial charge is 0.466 e. The van der Waals surface area contributed by atoms with Crippen LogP contribution < -0.4 is 0 Å². The summed E-state index contributed by atoms with van der Waals surface area (Å²) in [6.45, 7) is 3.41. The molecule has 0 aromatic heterocycles. The molecule has 0 aliphatic carbocycles. The van der Waals surface area contributed by atoms with Gasteiger partial charge in [0.05, 0.1) is 6.61 Å². The van der Waals surface area contributed by atoms with E-state index in [0.717, 1.165) is 0 Å². The van der Waals surface area contributed by atoms with E-state index in [1.165, 1.54) is 11.8 Å². The molecular weight excluding hydrogens is 298 g/mol. The van der Waals surface area contributed by atoms with Crippen molar-refractivity contribution in [3.63, 3.8) is 0 Å². The van der Waals surface area contributed by atoms with Gasteiger partial charge in [-0.15, -0.1) is 0 Å². The molecule has 2 rings (SSSR count). The van der Waals surface area contributed by atoms with Gasteiger partial charge in [-0.25, -0.2) is 0 Å². The fraction of sp³-hybridized carbons (Fsp3) is 0.471. The predicted molar refractivity (Wildman–Crippen MR) is 82.4 cm³/mol. The van der Waals surface area contributed by atoms with Crippen LogP contribution in [0.25, 0.3) is 0 Å². The second kappa shape index (κ2) is 7.76. The highest BCUT2D eigenvalue weighted by Gasteiger charge is 2.44. The maximum absolute atomic E-state index is 12.6. The van der Waals surface area contributed by atoms with Gasteiger partial charge in [0, 0.05) is 31.4 Å². The SMILES string of the molecule is CCOC(=O)CC[C@@H]1C[C@H](OC(C)=O)N1C(=O)c1ccccc1. The first-order valence-corrected chi connectivity index (χ1v) is 7.73. The lowest BCUT2D eigenvalue weighted by molar-refractivity contribution is -0.173. The highest BCUT2D eigenvalue weighted by Crippen LogP contribution is 2.32. The molecule has 6 nitrogen and oxygen atoms in total. The molecule has 1 aromatic carbocycles. The molecule has 0 bridgehead atoms. The third-order valence-corrected chi connectivity index (χ3v) is 3.72. The summed E-state index contributed by atoms with van der Waals surface area (Å²) in [7, 11) is 0. The summed E-state index contributed by atoms with van der Waals surface area (Å²) in [5.74, 6) is -0.905. The van der Waals surface area contributed by atoms with E-state index in [1.54, 1.807) is 31.2 Å². The van der Waals surface area contributed by atoms with Crippen molar-refractivity contribution in [3.8, 4) is 0 Å². The van der Waals surface area contributed by atoms with E-state index < -0.39 is 12.2 Å². The van der Waals surface area contributed by atoms with Gasteiger partial charge >= 0.3 is 11.9 Å². The Hall–Kier alpha value is -2.37. The standard InChI is InChI=1S/C17H21NO5/c1-3-22-16(20)10-9-14-11-15(23-12(2)19)18(14)17(21)13-7-5-4-6-8-13/h4-8,14-15H,3,9-11H2,1-2H3/t14-,15+/m1/s1. The molecule has 23 heavy (non-hydrogen) atoms. The van der Waals surface area contributed by atoms with E-state index in [9.17, 15) is 14.4 Å². The Kier molecular flexibility index (Phi) is 5.73. The van der Waals surface area contributed by atoms with Gasteiger partial charge < -0.3 is 9.47 Å². The molecule has 1 fully saturated rings. The van der Waals surface area contributed by atoms with E-state index in [1.807, 2.05) is 6.07 Å². The minimum atomic E-state index is -0.563. The van der Waals surface area contributed by atoms with Gasteiger partial charge in [0.25, 0.3) is 5.91 Å². The Bertz CT molecular complexity index is 572. The van der Waals surface area contributed by atoms with Crippen molar-refractivity contribution in [2.75, 3.05) is 6.61 Å². The van der Waals surface area contributed by atoms with Gasteiger partial charge in [-0.1, -0.05) is 18.2 Å². The van der Waals surface area contributed by atoms with Crippen LogP contribution >= 0.6 is 0 Å². The smallest absolute Gasteiger partial charge is 0.305 e. The van der Waals surface area contributed by atoms with Crippen LogP contribution in [0.5, 0.6) is 0 Å². The second-order valence-corrected chi connectivity index (χ2v) is 5.38. The lowest BCUT2D eigenvalue weighted by Crippen LogP contribution is -2.60. The van der Waals surface area contributed by atoms with Crippen LogP contribution in [0.1, 0.15) is 43.5 Å². The van der Waals surface area contributed by atoms with Crippen molar-refractivity contribution in [2.24, 2.45) is 0 Å². The molecule has 1 aliphatic rings. The molecule has 2 atom stereocenters. The summed E-state index contributed by atoms with van der Waals surface area (Å²) >= 11 is 0. The molecule has 1 aromatic rings. The molecule has 124 valence electrons. The number of hydrogen-bond donors (Lipinski definition) is 0. The molecule has 1 aliphatic heterocycles. The number of nitrogens with zero attached hydrogens (tertiary/aromatic N) is 1. The van der Waals surface area contributed by atoms with Gasteiger partial charge in [-0.3, -0.25) is 19.3 Å². The molecule has 0 radical (unpaired) electrons. The molecular formula is C17H21NO5. The second-order valence-electron chi connectivity index (χ2n) is 5.38. The Balaban J connectivity index is 2.03. The summed E-state index contributed by atoms with van der Waals surface area (Å²) in [5.41, 5.74) is 0.533. The Morgan fingerprint density at radius 2 is 1.91 bits per heavy atom. The minimum Gasteiger partial charge on any atom is -0.466 e. The molecule has 1 heterocycles. The van der Waals surface area contributed by atoms with E-state index in [4.69, 9.17) is 9.47 Å². The lowest BCUT2D eigenvalue weighted by atomic mass is 9.94. The lowest BCUT2D eigenvalue weighted by Gasteiger charge is -2.47. The van der Waals surface area contributed by atoms with Crippen LogP contribution in [0, 0.1) is 0 Å². The highest BCUT2D eigenvalue weighted by molar-refractivity contribution is 5.95. The molecule has 1 amide bonds. The number of benzene rings is 1. The third-order valence-electron chi connectivity index (χ3n) is 3.72. The van der Waals surface area contributed by atoms with Crippen LogP contribution in [0.4, 0.5) is 0 Å². The summed E-state index contributed by atoms with van der Waals surface area (Å²) in [4.78, 5) is 36.8. The zero-order valence-corrected chi connectivity index (χ0v) is 13.4. The maximum atomic E-state index is 12.6. The molecule has 0 saturated carbocycles. The average molecular weight is 319 g/mol. The van der Waals surface area contributed by atoms with Crippen LogP contribution in [0.3, 0.4) is 0 Å². The van der Waals surface area contributed by atoms with Gasteiger partial charge in [-0.2, -0.15) is 0 Å². The van der Waals surface area contributed by atoms with Crippen molar-refractivity contribution in [3.05, 3.63) is 35.9 Å². The number of hydrogen-bond acceptors (Lipinski definition) is 5. The summed E-state index contributed by atoms with van der Waals surface area (Å²) in [6.07, 6.45) is 0.712. The van der Waals surface area contributed by atoms with E-state index in [2.05, 4.69) is 0 Å². The van der Waals surface area contributed by atoms with Gasteiger partial charge in [-0.05, 0) is 25.5 Å². The normalized spacial score (nSPS) is 19.7. The van der Waals surface area contributed by atoms with Crippen molar-refractivity contribution in [1.82, 2.24) is 4.90 Å². The van der Waals surface area contributed by atoms with Gasteiger partial charge in [0.1, 0.15) is 0 Å². The number of carbonyl (C=O) groups excluding carboxylic acids is 3. The fourth-order valence-corrected chi connectivity index (χ4v) is 2.65. The molecule has 0 spiro atoms. The summed E-state index contributed by atoms with van der Waals surface area (Å²) < 4.78 is 10.1. The van der Waals surface area contributed by atoms with E-state index >= 15 is 0 Å². The number of likely N-dealkylation sites (tertiary alicyclic amines) is 1. The first-order chi connectivity index (χ1) is 11.0. The van der Waals surface area contributed by atoms with Crippen LogP contribution in [0.2, 0.25) is 0 Å². The van der Waals surface area contributed by atoms with Gasteiger partial charge in [0.2, 0.25) is 0 Å². The topological polar surface area (TPSA) is 72.9 Å². The number of esters is 2. The van der Waals surface area contributed by atoms with E-state index in [-0.39, 0.29) is 24.3 Å². The summed E-state index contributed by atoms with van der Waals surface area (Å²) in [5, 5.41) is 0. The molecule has 6 heteroatoms. The highest BCUT2D eigenvalue weighted by atomic mass is 16.6. The van der Waals surface area contributed by atoms with Crippen molar-refractivity contribution in [2.45, 2.75) is 45.4 Å². The minimum absolute atomic E-state index is 0.128. The zero-order valence-electron chi connectivity index (χ0n) is 13.4. The van der Waals surface area contributed by atoms with Crippen LogP contribution in [-0.4, -0.2) is 41.6 Å². The Morgan fingerprint density at radius 3 is 2.52 bits per heavy atom. The quantitative estimate of drug-likeness (QED) is 0.751.